The Hall–Kier alpha value is -1.69. The van der Waals surface area contributed by atoms with Crippen LogP contribution in [0.5, 0.6) is 0 Å². The van der Waals surface area contributed by atoms with Crippen LogP contribution in [0.4, 0.5) is 5.69 Å². The van der Waals surface area contributed by atoms with Crippen LogP contribution in [0.3, 0.4) is 0 Å². The molecule has 108 valence electrons. The number of nitrogens with one attached hydrogen (secondary N) is 1. The number of halogens is 2. The molecule has 2 aromatic rings. The second kappa shape index (κ2) is 5.97. The normalized spacial score (nSPS) is 17.1. The summed E-state index contributed by atoms with van der Waals surface area (Å²) in [5, 5.41) is 2.82. The molecule has 0 aliphatic carbocycles. The highest BCUT2D eigenvalue weighted by Gasteiger charge is 2.28. The number of carbonyl (C=O) groups is 1. The molecular formula is C14H11Cl2N3O2. The molecule has 5 nitrogen and oxygen atoms in total. The maximum absolute atomic E-state index is 12.4. The molecule has 1 N–H and O–H groups in total. The predicted molar refractivity (Wildman–Crippen MR) is 79.5 cm³/mol. The van der Waals surface area contributed by atoms with Crippen LogP contribution >= 0.6 is 23.2 Å². The third-order valence-electron chi connectivity index (χ3n) is 3.23. The van der Waals surface area contributed by atoms with Crippen molar-refractivity contribution in [1.29, 1.82) is 0 Å². The number of benzene rings is 1. The molecule has 1 aliphatic rings. The predicted octanol–water partition coefficient (Wildman–Crippen LogP) is 3.04. The number of hydrogen-bond acceptors (Lipinski definition) is 4. The molecular weight excluding hydrogens is 313 g/mol. The van der Waals surface area contributed by atoms with E-state index in [0.717, 1.165) is 17.5 Å². The first-order valence-corrected chi connectivity index (χ1v) is 7.08. The van der Waals surface area contributed by atoms with Gasteiger partial charge in [0.1, 0.15) is 12.0 Å². The van der Waals surface area contributed by atoms with E-state index in [0.29, 0.717) is 6.61 Å². The highest BCUT2D eigenvalue weighted by Crippen LogP contribution is 2.31. The molecule has 0 bridgehead atoms. The molecule has 21 heavy (non-hydrogen) atoms. The Morgan fingerprint density at radius 2 is 1.95 bits per heavy atom. The first kappa shape index (κ1) is 14.3. The van der Waals surface area contributed by atoms with Crippen LogP contribution in [0.15, 0.2) is 30.6 Å². The SMILES string of the molecule is O=C(Nc1c(Cl)ncnc1Cl)C1OCCc2ccccc21. The van der Waals surface area contributed by atoms with Crippen molar-refractivity contribution in [2.45, 2.75) is 12.5 Å². The van der Waals surface area contributed by atoms with Crippen molar-refractivity contribution in [1.82, 2.24) is 9.97 Å². The zero-order valence-corrected chi connectivity index (χ0v) is 12.4. The lowest BCUT2D eigenvalue weighted by molar-refractivity contribution is -0.128. The number of aromatic nitrogens is 2. The summed E-state index contributed by atoms with van der Waals surface area (Å²) in [6.45, 7) is 0.488. The summed E-state index contributed by atoms with van der Waals surface area (Å²) in [7, 11) is 0. The van der Waals surface area contributed by atoms with E-state index in [4.69, 9.17) is 27.9 Å². The zero-order valence-electron chi connectivity index (χ0n) is 10.8. The van der Waals surface area contributed by atoms with Gasteiger partial charge in [0, 0.05) is 0 Å². The van der Waals surface area contributed by atoms with Crippen molar-refractivity contribution in [2.75, 3.05) is 11.9 Å². The zero-order chi connectivity index (χ0) is 14.8. The average Bonchev–Trinajstić information content (AvgIpc) is 2.50. The minimum Gasteiger partial charge on any atom is -0.363 e. The van der Waals surface area contributed by atoms with Crippen molar-refractivity contribution in [3.63, 3.8) is 0 Å². The Morgan fingerprint density at radius 1 is 1.24 bits per heavy atom. The molecule has 7 heteroatoms. The summed E-state index contributed by atoms with van der Waals surface area (Å²) in [6, 6.07) is 7.68. The first-order chi connectivity index (χ1) is 10.2. The molecule has 0 saturated carbocycles. The quantitative estimate of drug-likeness (QED) is 0.863. The van der Waals surface area contributed by atoms with Gasteiger partial charge in [-0.1, -0.05) is 47.5 Å². The highest BCUT2D eigenvalue weighted by molar-refractivity contribution is 6.38. The van der Waals surface area contributed by atoms with Crippen LogP contribution in [0, 0.1) is 0 Å². The van der Waals surface area contributed by atoms with Crippen LogP contribution in [0.25, 0.3) is 0 Å². The number of hydrogen-bond donors (Lipinski definition) is 1. The van der Waals surface area contributed by atoms with Crippen molar-refractivity contribution in [3.8, 4) is 0 Å². The van der Waals surface area contributed by atoms with E-state index < -0.39 is 6.10 Å². The lowest BCUT2D eigenvalue weighted by Crippen LogP contribution is -2.28. The van der Waals surface area contributed by atoms with Crippen molar-refractivity contribution in [2.24, 2.45) is 0 Å². The molecule has 0 saturated heterocycles. The van der Waals surface area contributed by atoms with Crippen molar-refractivity contribution < 1.29 is 9.53 Å². The summed E-state index contributed by atoms with van der Waals surface area (Å²) in [5.41, 5.74) is 2.15. The molecule has 0 spiro atoms. The van der Waals surface area contributed by atoms with Crippen molar-refractivity contribution in [3.05, 3.63) is 52.0 Å². The van der Waals surface area contributed by atoms with E-state index in [2.05, 4.69) is 15.3 Å². The molecule has 1 aliphatic heterocycles. The molecule has 1 aromatic heterocycles. The summed E-state index contributed by atoms with van der Waals surface area (Å²) < 4.78 is 5.58. The number of fused-ring (bicyclic) bond motifs is 1. The molecule has 3 rings (SSSR count). The Bertz CT molecular complexity index is 673. The number of carbonyl (C=O) groups excluding carboxylic acids is 1. The Kier molecular flexibility index (Phi) is 4.05. The molecule has 1 aromatic carbocycles. The fourth-order valence-electron chi connectivity index (χ4n) is 2.25. The molecule has 1 atom stereocenters. The van der Waals surface area contributed by atoms with Crippen molar-refractivity contribution >= 4 is 34.8 Å². The molecule has 0 radical (unpaired) electrons. The van der Waals surface area contributed by atoms with Crippen LogP contribution in [0.2, 0.25) is 10.3 Å². The van der Waals surface area contributed by atoms with Gasteiger partial charge in [0.15, 0.2) is 16.4 Å². The van der Waals surface area contributed by atoms with Crippen LogP contribution in [0.1, 0.15) is 17.2 Å². The van der Waals surface area contributed by atoms with E-state index in [1.165, 1.54) is 6.33 Å². The van der Waals surface area contributed by atoms with E-state index >= 15 is 0 Å². The maximum atomic E-state index is 12.4. The van der Waals surface area contributed by atoms with Gasteiger partial charge in [-0.2, -0.15) is 0 Å². The number of anilines is 1. The smallest absolute Gasteiger partial charge is 0.258 e. The van der Waals surface area contributed by atoms with Gasteiger partial charge in [0.05, 0.1) is 6.61 Å². The number of ether oxygens (including phenoxy) is 1. The molecule has 1 amide bonds. The number of nitrogens with zero attached hydrogens (tertiary/aromatic N) is 2. The summed E-state index contributed by atoms with van der Waals surface area (Å²) in [4.78, 5) is 20.0. The minimum atomic E-state index is -0.692. The average molecular weight is 324 g/mol. The van der Waals surface area contributed by atoms with Gasteiger partial charge in [-0.05, 0) is 17.5 Å². The fraction of sp³-hybridized carbons (Fsp3) is 0.214. The second-order valence-corrected chi connectivity index (χ2v) is 5.24. The van der Waals surface area contributed by atoms with Crippen LogP contribution in [-0.2, 0) is 16.0 Å². The van der Waals surface area contributed by atoms with Gasteiger partial charge in [0.25, 0.3) is 5.91 Å². The third-order valence-corrected chi connectivity index (χ3v) is 3.81. The van der Waals surface area contributed by atoms with Gasteiger partial charge in [-0.3, -0.25) is 4.79 Å². The van der Waals surface area contributed by atoms with Gasteiger partial charge < -0.3 is 10.1 Å². The van der Waals surface area contributed by atoms with Gasteiger partial charge in [-0.15, -0.1) is 0 Å². The van der Waals surface area contributed by atoms with E-state index in [-0.39, 0.29) is 21.9 Å². The van der Waals surface area contributed by atoms with Gasteiger partial charge in [0.2, 0.25) is 0 Å². The second-order valence-electron chi connectivity index (χ2n) is 4.52. The first-order valence-electron chi connectivity index (χ1n) is 6.33. The van der Waals surface area contributed by atoms with Gasteiger partial charge in [-0.25, -0.2) is 9.97 Å². The monoisotopic (exact) mass is 323 g/mol. The number of amides is 1. The van der Waals surface area contributed by atoms with Gasteiger partial charge >= 0.3 is 0 Å². The number of rotatable bonds is 2. The largest absolute Gasteiger partial charge is 0.363 e. The Balaban J connectivity index is 1.87. The molecule has 0 fully saturated rings. The highest BCUT2D eigenvalue weighted by atomic mass is 35.5. The molecule has 2 heterocycles. The fourth-order valence-corrected chi connectivity index (χ4v) is 2.66. The third kappa shape index (κ3) is 2.85. The minimum absolute atomic E-state index is 0.0902. The topological polar surface area (TPSA) is 64.1 Å². The van der Waals surface area contributed by atoms with E-state index in [1.54, 1.807) is 0 Å². The summed E-state index contributed by atoms with van der Waals surface area (Å²) in [6.07, 6.45) is 1.32. The van der Waals surface area contributed by atoms with E-state index in [9.17, 15) is 4.79 Å². The lowest BCUT2D eigenvalue weighted by Gasteiger charge is -2.25. The standard InChI is InChI=1S/C14H11Cl2N3O2/c15-12-10(13(16)18-7-17-12)19-14(20)11-9-4-2-1-3-8(9)5-6-21-11/h1-4,7,11H,5-6H2,(H,19,20). The van der Waals surface area contributed by atoms with E-state index in [1.807, 2.05) is 24.3 Å². The Labute approximate surface area is 131 Å². The summed E-state index contributed by atoms with van der Waals surface area (Å²) >= 11 is 11.8. The maximum Gasteiger partial charge on any atom is 0.258 e. The molecule has 1 unspecified atom stereocenters. The summed E-state index contributed by atoms with van der Waals surface area (Å²) in [5.74, 6) is -0.347. The lowest BCUT2D eigenvalue weighted by atomic mass is 9.97. The van der Waals surface area contributed by atoms with Crippen LogP contribution in [-0.4, -0.2) is 22.5 Å². The Morgan fingerprint density at radius 3 is 2.71 bits per heavy atom. The van der Waals surface area contributed by atoms with Crippen LogP contribution < -0.4 is 5.32 Å².